The van der Waals surface area contributed by atoms with Crippen LogP contribution in [0.3, 0.4) is 0 Å². The Morgan fingerprint density at radius 3 is 2.95 bits per heavy atom. The normalized spacial score (nSPS) is 16.3. The van der Waals surface area contributed by atoms with E-state index in [4.69, 9.17) is 9.47 Å². The predicted octanol–water partition coefficient (Wildman–Crippen LogP) is 1.71. The first-order valence-corrected chi connectivity index (χ1v) is 6.99. The quantitative estimate of drug-likeness (QED) is 0.714. The van der Waals surface area contributed by atoms with Crippen LogP contribution in [0.15, 0.2) is 24.3 Å². The van der Waals surface area contributed by atoms with Crippen molar-refractivity contribution in [3.8, 4) is 5.75 Å². The molecule has 1 aliphatic carbocycles. The van der Waals surface area contributed by atoms with Gasteiger partial charge in [-0.1, -0.05) is 12.1 Å². The van der Waals surface area contributed by atoms with Crippen molar-refractivity contribution in [1.29, 1.82) is 0 Å². The third-order valence-corrected chi connectivity index (χ3v) is 3.03. The molecule has 0 spiro atoms. The lowest BCUT2D eigenvalue weighted by Gasteiger charge is -2.13. The van der Waals surface area contributed by atoms with Gasteiger partial charge in [-0.05, 0) is 37.5 Å². The number of aliphatic hydroxyl groups is 1. The van der Waals surface area contributed by atoms with Crippen molar-refractivity contribution in [3.05, 3.63) is 29.8 Å². The molecule has 0 saturated heterocycles. The van der Waals surface area contributed by atoms with Crippen LogP contribution in [0.2, 0.25) is 0 Å². The summed E-state index contributed by atoms with van der Waals surface area (Å²) < 4.78 is 10.7. The molecule has 0 radical (unpaired) electrons. The minimum absolute atomic E-state index is 0.263. The smallest absolute Gasteiger partial charge is 0.119 e. The van der Waals surface area contributed by atoms with Gasteiger partial charge in [0.1, 0.15) is 18.5 Å². The van der Waals surface area contributed by atoms with Crippen LogP contribution in [0, 0.1) is 0 Å². The maximum Gasteiger partial charge on any atom is 0.119 e. The third-order valence-electron chi connectivity index (χ3n) is 3.03. The molecule has 106 valence electrons. The van der Waals surface area contributed by atoms with Crippen LogP contribution in [0.1, 0.15) is 25.3 Å². The number of rotatable bonds is 9. The zero-order chi connectivity index (χ0) is 13.5. The Labute approximate surface area is 114 Å². The van der Waals surface area contributed by atoms with Crippen molar-refractivity contribution < 1.29 is 14.6 Å². The molecule has 4 nitrogen and oxygen atoms in total. The summed E-state index contributed by atoms with van der Waals surface area (Å²) in [6.45, 7) is 3.98. The largest absolute Gasteiger partial charge is 0.491 e. The van der Waals surface area contributed by atoms with Crippen LogP contribution in [-0.2, 0) is 11.3 Å². The van der Waals surface area contributed by atoms with Crippen molar-refractivity contribution in [2.75, 3.05) is 19.8 Å². The Morgan fingerprint density at radius 1 is 1.37 bits per heavy atom. The monoisotopic (exact) mass is 265 g/mol. The summed E-state index contributed by atoms with van der Waals surface area (Å²) >= 11 is 0. The predicted molar refractivity (Wildman–Crippen MR) is 74.3 cm³/mol. The highest BCUT2D eigenvalue weighted by Crippen LogP contribution is 2.20. The summed E-state index contributed by atoms with van der Waals surface area (Å²) in [5.74, 6) is 0.797. The van der Waals surface area contributed by atoms with Crippen LogP contribution in [0.25, 0.3) is 0 Å². The van der Waals surface area contributed by atoms with E-state index < -0.39 is 6.10 Å². The third kappa shape index (κ3) is 5.59. The van der Waals surface area contributed by atoms with Crippen LogP contribution in [0.5, 0.6) is 5.75 Å². The first kappa shape index (κ1) is 14.3. The van der Waals surface area contributed by atoms with E-state index in [1.165, 1.54) is 18.4 Å². The van der Waals surface area contributed by atoms with E-state index in [0.717, 1.165) is 12.3 Å². The zero-order valence-corrected chi connectivity index (χ0v) is 11.5. The minimum atomic E-state index is -0.576. The van der Waals surface area contributed by atoms with E-state index in [-0.39, 0.29) is 6.61 Å². The van der Waals surface area contributed by atoms with Crippen molar-refractivity contribution in [3.63, 3.8) is 0 Å². The Bertz CT molecular complexity index is 379. The van der Waals surface area contributed by atoms with Crippen molar-refractivity contribution in [2.24, 2.45) is 0 Å². The second kappa shape index (κ2) is 7.48. The van der Waals surface area contributed by atoms with Gasteiger partial charge in [-0.3, -0.25) is 0 Å². The van der Waals surface area contributed by atoms with Gasteiger partial charge in [0.15, 0.2) is 0 Å². The number of nitrogens with one attached hydrogen (secondary N) is 1. The molecule has 0 aliphatic heterocycles. The number of hydrogen-bond donors (Lipinski definition) is 2. The molecule has 2 rings (SSSR count). The van der Waals surface area contributed by atoms with Crippen LogP contribution in [-0.4, -0.2) is 37.1 Å². The highest BCUT2D eigenvalue weighted by molar-refractivity contribution is 5.28. The molecule has 0 heterocycles. The number of aliphatic hydroxyl groups excluding tert-OH is 1. The Balaban J connectivity index is 1.74. The summed E-state index contributed by atoms with van der Waals surface area (Å²) in [5, 5.41) is 13.1. The molecule has 0 amide bonds. The Hall–Kier alpha value is -1.10. The van der Waals surface area contributed by atoms with Gasteiger partial charge in [0.25, 0.3) is 0 Å². The lowest BCUT2D eigenvalue weighted by Crippen LogP contribution is -2.23. The van der Waals surface area contributed by atoms with E-state index >= 15 is 0 Å². The molecule has 0 bridgehead atoms. The highest BCUT2D eigenvalue weighted by Gasteiger charge is 2.19. The summed E-state index contributed by atoms with van der Waals surface area (Å²) in [6, 6.07) is 8.70. The van der Waals surface area contributed by atoms with E-state index in [9.17, 15) is 5.11 Å². The maximum absolute atomic E-state index is 9.63. The van der Waals surface area contributed by atoms with Crippen LogP contribution in [0.4, 0.5) is 0 Å². The first-order chi connectivity index (χ1) is 9.28. The number of ether oxygens (including phenoxy) is 2. The molecular formula is C15H23NO3. The lowest BCUT2D eigenvalue weighted by molar-refractivity contribution is 0.0164. The molecule has 1 unspecified atom stereocenters. The lowest BCUT2D eigenvalue weighted by atomic mass is 10.2. The summed E-state index contributed by atoms with van der Waals surface area (Å²) in [6.07, 6.45) is 2.01. The van der Waals surface area contributed by atoms with Crippen LogP contribution < -0.4 is 10.1 Å². The van der Waals surface area contributed by atoms with Gasteiger partial charge in [-0.2, -0.15) is 0 Å². The van der Waals surface area contributed by atoms with Crippen LogP contribution >= 0.6 is 0 Å². The first-order valence-electron chi connectivity index (χ1n) is 6.99. The summed E-state index contributed by atoms with van der Waals surface area (Å²) in [7, 11) is 0. The molecule has 1 saturated carbocycles. The van der Waals surface area contributed by atoms with Gasteiger partial charge in [0.2, 0.25) is 0 Å². The molecule has 1 fully saturated rings. The fraction of sp³-hybridized carbons (Fsp3) is 0.600. The molecule has 0 aromatic heterocycles. The second-order valence-electron chi connectivity index (χ2n) is 4.93. The van der Waals surface area contributed by atoms with E-state index in [1.54, 1.807) is 0 Å². The molecule has 1 aromatic carbocycles. The van der Waals surface area contributed by atoms with Gasteiger partial charge >= 0.3 is 0 Å². The molecular weight excluding hydrogens is 242 g/mol. The SMILES string of the molecule is CCOCC(O)COc1cccc(CNC2CC2)c1. The van der Waals surface area contributed by atoms with Gasteiger partial charge in [-0.25, -0.2) is 0 Å². The summed E-state index contributed by atoms with van der Waals surface area (Å²) in [5.41, 5.74) is 1.21. The van der Waals surface area contributed by atoms with Crippen molar-refractivity contribution in [2.45, 2.75) is 38.5 Å². The second-order valence-corrected chi connectivity index (χ2v) is 4.93. The summed E-state index contributed by atoms with van der Waals surface area (Å²) in [4.78, 5) is 0. The van der Waals surface area contributed by atoms with Crippen molar-refractivity contribution in [1.82, 2.24) is 5.32 Å². The highest BCUT2D eigenvalue weighted by atomic mass is 16.5. The fourth-order valence-corrected chi connectivity index (χ4v) is 1.79. The number of benzene rings is 1. The fourth-order valence-electron chi connectivity index (χ4n) is 1.79. The molecule has 1 atom stereocenters. The molecule has 1 aliphatic rings. The Kier molecular flexibility index (Phi) is 5.63. The molecule has 19 heavy (non-hydrogen) atoms. The van der Waals surface area contributed by atoms with E-state index in [2.05, 4.69) is 11.4 Å². The number of hydrogen-bond acceptors (Lipinski definition) is 4. The molecule has 2 N–H and O–H groups in total. The zero-order valence-electron chi connectivity index (χ0n) is 11.5. The maximum atomic E-state index is 9.63. The molecule has 4 heteroatoms. The Morgan fingerprint density at radius 2 is 2.21 bits per heavy atom. The van der Waals surface area contributed by atoms with Gasteiger partial charge in [0.05, 0.1) is 6.61 Å². The van der Waals surface area contributed by atoms with Gasteiger partial charge in [-0.15, -0.1) is 0 Å². The van der Waals surface area contributed by atoms with E-state index in [0.29, 0.717) is 19.3 Å². The van der Waals surface area contributed by atoms with Gasteiger partial charge < -0.3 is 19.9 Å². The average molecular weight is 265 g/mol. The minimum Gasteiger partial charge on any atom is -0.491 e. The van der Waals surface area contributed by atoms with Crippen molar-refractivity contribution >= 4 is 0 Å². The standard InChI is InChI=1S/C15H23NO3/c1-2-18-10-14(17)11-19-15-5-3-4-12(8-15)9-16-13-6-7-13/h3-5,8,13-14,16-17H,2,6-7,9-11H2,1H3. The topological polar surface area (TPSA) is 50.7 Å². The van der Waals surface area contributed by atoms with Gasteiger partial charge in [0, 0.05) is 19.2 Å². The molecule has 1 aromatic rings. The average Bonchev–Trinajstić information content (AvgIpc) is 3.25. The van der Waals surface area contributed by atoms with E-state index in [1.807, 2.05) is 25.1 Å².